The van der Waals surface area contributed by atoms with E-state index in [9.17, 15) is 0 Å². The van der Waals surface area contributed by atoms with E-state index in [2.05, 4.69) is 65.2 Å². The number of rotatable bonds is 6. The number of benzene rings is 1. The van der Waals surface area contributed by atoms with E-state index in [0.29, 0.717) is 6.04 Å². The number of nitrogens with one attached hydrogen (secondary N) is 1. The molecule has 114 valence electrons. The van der Waals surface area contributed by atoms with Gasteiger partial charge >= 0.3 is 0 Å². The molecular weight excluding hydrogens is 328 g/mol. The summed E-state index contributed by atoms with van der Waals surface area (Å²) >= 11 is 3.58. The Labute approximate surface area is 135 Å². The highest BCUT2D eigenvalue weighted by atomic mass is 79.9. The monoisotopic (exact) mass is 350 g/mol. The molecule has 21 heavy (non-hydrogen) atoms. The molecule has 1 aromatic carbocycles. The van der Waals surface area contributed by atoms with E-state index in [-0.39, 0.29) is 0 Å². The minimum Gasteiger partial charge on any atom is -0.469 e. The zero-order chi connectivity index (χ0) is 15.4. The van der Waals surface area contributed by atoms with Gasteiger partial charge in [0.25, 0.3) is 0 Å². The Morgan fingerprint density at radius 2 is 2.10 bits per heavy atom. The largest absolute Gasteiger partial charge is 0.469 e. The van der Waals surface area contributed by atoms with Crippen LogP contribution in [0.5, 0.6) is 0 Å². The zero-order valence-electron chi connectivity index (χ0n) is 13.1. The molecule has 3 nitrogen and oxygen atoms in total. The van der Waals surface area contributed by atoms with Gasteiger partial charge in [-0.15, -0.1) is 0 Å². The predicted octanol–water partition coefficient (Wildman–Crippen LogP) is 4.66. The van der Waals surface area contributed by atoms with Crippen molar-refractivity contribution in [2.45, 2.75) is 33.4 Å². The highest BCUT2D eigenvalue weighted by molar-refractivity contribution is 9.10. The number of furan rings is 1. The average Bonchev–Trinajstić information content (AvgIpc) is 2.84. The lowest BCUT2D eigenvalue weighted by Gasteiger charge is -2.25. The van der Waals surface area contributed by atoms with Crippen molar-refractivity contribution in [1.82, 2.24) is 5.32 Å². The first-order valence-corrected chi connectivity index (χ1v) is 8.09. The van der Waals surface area contributed by atoms with Crippen molar-refractivity contribution in [2.75, 3.05) is 18.5 Å². The van der Waals surface area contributed by atoms with E-state index in [1.54, 1.807) is 6.26 Å². The Morgan fingerprint density at radius 3 is 2.71 bits per heavy atom. The summed E-state index contributed by atoms with van der Waals surface area (Å²) in [5.74, 6) is 0.984. The Hall–Kier alpha value is -1.26. The summed E-state index contributed by atoms with van der Waals surface area (Å²) in [6.07, 6.45) is 1.75. The lowest BCUT2D eigenvalue weighted by atomic mass is 10.0. The van der Waals surface area contributed by atoms with Crippen molar-refractivity contribution in [3.8, 4) is 0 Å². The fraction of sp³-hybridized carbons (Fsp3) is 0.412. The molecule has 0 saturated carbocycles. The number of hydrogen-bond donors (Lipinski definition) is 1. The Balaban J connectivity index is 2.28. The van der Waals surface area contributed by atoms with Crippen LogP contribution in [0.3, 0.4) is 0 Å². The number of halogens is 1. The van der Waals surface area contributed by atoms with Gasteiger partial charge in [-0.3, -0.25) is 0 Å². The zero-order valence-corrected chi connectivity index (χ0v) is 14.7. The van der Waals surface area contributed by atoms with E-state index < -0.39 is 0 Å². The van der Waals surface area contributed by atoms with Crippen LogP contribution in [0.2, 0.25) is 0 Å². The topological polar surface area (TPSA) is 28.4 Å². The third-order valence-electron chi connectivity index (χ3n) is 3.75. The summed E-state index contributed by atoms with van der Waals surface area (Å²) in [7, 11) is 2.12. The van der Waals surface area contributed by atoms with Gasteiger partial charge in [0.2, 0.25) is 0 Å². The minimum atomic E-state index is 0.325. The van der Waals surface area contributed by atoms with E-state index in [0.717, 1.165) is 23.3 Å². The van der Waals surface area contributed by atoms with Crippen LogP contribution in [0, 0.1) is 6.92 Å². The molecule has 0 aliphatic heterocycles. The fourth-order valence-corrected chi connectivity index (χ4v) is 2.89. The molecule has 0 saturated heterocycles. The summed E-state index contributed by atoms with van der Waals surface area (Å²) < 4.78 is 6.49. The molecule has 2 aromatic rings. The summed E-state index contributed by atoms with van der Waals surface area (Å²) in [6.45, 7) is 8.14. The quantitative estimate of drug-likeness (QED) is 0.821. The van der Waals surface area contributed by atoms with Gasteiger partial charge in [-0.2, -0.15) is 0 Å². The van der Waals surface area contributed by atoms with Gasteiger partial charge in [0.05, 0.1) is 6.26 Å². The van der Waals surface area contributed by atoms with Gasteiger partial charge in [-0.05, 0) is 44.2 Å². The van der Waals surface area contributed by atoms with Crippen LogP contribution in [0.1, 0.15) is 36.8 Å². The predicted molar refractivity (Wildman–Crippen MR) is 91.8 cm³/mol. The first-order valence-electron chi connectivity index (χ1n) is 7.29. The highest BCUT2D eigenvalue weighted by Crippen LogP contribution is 2.30. The molecule has 1 heterocycles. The molecule has 4 heteroatoms. The van der Waals surface area contributed by atoms with Crippen LogP contribution in [-0.2, 0) is 6.54 Å². The molecule has 1 unspecified atom stereocenters. The Kier molecular flexibility index (Phi) is 5.48. The summed E-state index contributed by atoms with van der Waals surface area (Å²) in [4.78, 5) is 2.27. The summed E-state index contributed by atoms with van der Waals surface area (Å²) in [5.41, 5.74) is 3.77. The van der Waals surface area contributed by atoms with Gasteiger partial charge in [-0.1, -0.05) is 28.9 Å². The average molecular weight is 351 g/mol. The number of nitrogens with zero attached hydrogens (tertiary/aromatic N) is 1. The van der Waals surface area contributed by atoms with Crippen molar-refractivity contribution >= 4 is 21.6 Å². The number of hydrogen-bond acceptors (Lipinski definition) is 3. The Bertz CT molecular complexity index is 594. The van der Waals surface area contributed by atoms with Crippen molar-refractivity contribution in [3.63, 3.8) is 0 Å². The second-order valence-electron chi connectivity index (χ2n) is 5.34. The SMILES string of the molecule is CCNC(C)c1ccc(Br)cc1N(C)Cc1ccoc1C. The lowest BCUT2D eigenvalue weighted by Crippen LogP contribution is -2.23. The normalized spacial score (nSPS) is 12.4. The van der Waals surface area contributed by atoms with Gasteiger partial charge in [-0.25, -0.2) is 0 Å². The highest BCUT2D eigenvalue weighted by Gasteiger charge is 2.15. The van der Waals surface area contributed by atoms with Crippen LogP contribution in [0.25, 0.3) is 0 Å². The maximum absolute atomic E-state index is 5.39. The lowest BCUT2D eigenvalue weighted by molar-refractivity contribution is 0.529. The third-order valence-corrected chi connectivity index (χ3v) is 4.25. The van der Waals surface area contributed by atoms with Crippen molar-refractivity contribution in [1.29, 1.82) is 0 Å². The fourth-order valence-electron chi connectivity index (χ4n) is 2.55. The molecule has 1 aromatic heterocycles. The first-order chi connectivity index (χ1) is 10.0. The molecule has 0 aliphatic rings. The van der Waals surface area contributed by atoms with Gasteiger partial charge in [0.1, 0.15) is 5.76 Å². The van der Waals surface area contributed by atoms with Crippen LogP contribution < -0.4 is 10.2 Å². The molecule has 2 rings (SSSR count). The number of aryl methyl sites for hydroxylation is 1. The second kappa shape index (κ2) is 7.14. The molecule has 1 atom stereocenters. The van der Waals surface area contributed by atoms with Crippen molar-refractivity contribution in [3.05, 3.63) is 51.9 Å². The van der Waals surface area contributed by atoms with Crippen LogP contribution in [0.15, 0.2) is 39.4 Å². The van der Waals surface area contributed by atoms with Crippen LogP contribution in [-0.4, -0.2) is 13.6 Å². The molecular formula is C17H23BrN2O. The van der Waals surface area contributed by atoms with Crippen LogP contribution in [0.4, 0.5) is 5.69 Å². The molecule has 0 bridgehead atoms. The molecule has 0 aliphatic carbocycles. The molecule has 0 radical (unpaired) electrons. The third kappa shape index (κ3) is 3.89. The van der Waals surface area contributed by atoms with E-state index >= 15 is 0 Å². The summed E-state index contributed by atoms with van der Waals surface area (Å²) in [6, 6.07) is 8.83. The minimum absolute atomic E-state index is 0.325. The maximum Gasteiger partial charge on any atom is 0.105 e. The molecule has 0 spiro atoms. The smallest absolute Gasteiger partial charge is 0.105 e. The molecule has 0 amide bonds. The van der Waals surface area contributed by atoms with Crippen LogP contribution >= 0.6 is 15.9 Å². The van der Waals surface area contributed by atoms with Gasteiger partial charge in [0.15, 0.2) is 0 Å². The number of anilines is 1. The van der Waals surface area contributed by atoms with E-state index in [1.165, 1.54) is 16.8 Å². The maximum atomic E-state index is 5.39. The van der Waals surface area contributed by atoms with E-state index in [4.69, 9.17) is 4.42 Å². The standard InChI is InChI=1S/C17H23BrN2O/c1-5-19-12(2)16-7-6-15(18)10-17(16)20(4)11-14-8-9-21-13(14)3/h6-10,12,19H,5,11H2,1-4H3. The van der Waals surface area contributed by atoms with Crippen molar-refractivity contribution in [2.24, 2.45) is 0 Å². The van der Waals surface area contributed by atoms with E-state index in [1.807, 2.05) is 13.0 Å². The second-order valence-corrected chi connectivity index (χ2v) is 6.26. The molecule has 1 N–H and O–H groups in total. The Morgan fingerprint density at radius 1 is 1.33 bits per heavy atom. The van der Waals surface area contributed by atoms with Gasteiger partial charge in [0, 0.05) is 35.4 Å². The molecule has 0 fully saturated rings. The summed E-state index contributed by atoms with van der Waals surface area (Å²) in [5, 5.41) is 3.49. The first kappa shape index (κ1) is 16.1. The van der Waals surface area contributed by atoms with Gasteiger partial charge < -0.3 is 14.6 Å². The van der Waals surface area contributed by atoms with Crippen molar-refractivity contribution < 1.29 is 4.42 Å².